The Morgan fingerprint density at radius 2 is 1.56 bits per heavy atom. The predicted octanol–water partition coefficient (Wildman–Crippen LogP) is 4.41. The average Bonchev–Trinajstić information content (AvgIpc) is 2.60. The van der Waals surface area contributed by atoms with E-state index < -0.39 is 10.1 Å². The van der Waals surface area contributed by atoms with Crippen molar-refractivity contribution < 1.29 is 12.6 Å². The lowest BCUT2D eigenvalue weighted by molar-refractivity contribution is 0.483. The lowest BCUT2D eigenvalue weighted by Gasteiger charge is -2.26. The van der Waals surface area contributed by atoms with E-state index in [2.05, 4.69) is 26.0 Å². The molecule has 2 aromatic rings. The van der Waals surface area contributed by atoms with Crippen molar-refractivity contribution in [3.63, 3.8) is 0 Å². The van der Waals surface area contributed by atoms with Crippen LogP contribution in [0, 0.1) is 11.3 Å². The predicted molar refractivity (Wildman–Crippen MR) is 98.9 cm³/mol. The fraction of sp³-hybridized carbons (Fsp3) is 0.350. The van der Waals surface area contributed by atoms with Crippen LogP contribution in [0.2, 0.25) is 0 Å². The first-order valence-electron chi connectivity index (χ1n) is 8.30. The van der Waals surface area contributed by atoms with Gasteiger partial charge in [0.1, 0.15) is 5.75 Å². The van der Waals surface area contributed by atoms with Crippen molar-refractivity contribution in [3.05, 3.63) is 65.7 Å². The zero-order chi connectivity index (χ0) is 18.3. The summed E-state index contributed by atoms with van der Waals surface area (Å²) in [4.78, 5) is 0. The highest BCUT2D eigenvalue weighted by Crippen LogP contribution is 2.32. The lowest BCUT2D eigenvalue weighted by atomic mass is 9.78. The Labute approximate surface area is 150 Å². The van der Waals surface area contributed by atoms with Gasteiger partial charge in [-0.15, -0.1) is 0 Å². The van der Waals surface area contributed by atoms with Crippen LogP contribution < -0.4 is 4.18 Å². The molecule has 0 atom stereocenters. The summed E-state index contributed by atoms with van der Waals surface area (Å²) in [5.74, 6) is 0.235. The topological polar surface area (TPSA) is 67.2 Å². The first kappa shape index (κ1) is 19.0. The molecule has 0 aliphatic carbocycles. The minimum Gasteiger partial charge on any atom is -0.382 e. The summed E-state index contributed by atoms with van der Waals surface area (Å²) in [7, 11) is -3.62. The van der Waals surface area contributed by atoms with Crippen molar-refractivity contribution >= 4 is 10.1 Å². The molecule has 0 heterocycles. The van der Waals surface area contributed by atoms with Gasteiger partial charge in [-0.1, -0.05) is 56.3 Å². The SMILES string of the molecule is CC(C)(c1ccccc1)c1ccc(OS(=O)(=O)CCCCC#N)cc1. The highest BCUT2D eigenvalue weighted by atomic mass is 32.2. The van der Waals surface area contributed by atoms with Crippen LogP contribution in [0.5, 0.6) is 5.75 Å². The molecule has 0 saturated heterocycles. The molecule has 0 fully saturated rings. The molecule has 0 aliphatic rings. The third-order valence-electron chi connectivity index (χ3n) is 4.23. The van der Waals surface area contributed by atoms with E-state index >= 15 is 0 Å². The van der Waals surface area contributed by atoms with E-state index in [-0.39, 0.29) is 11.2 Å². The second kappa shape index (κ2) is 8.17. The van der Waals surface area contributed by atoms with Crippen LogP contribution in [0.4, 0.5) is 0 Å². The van der Waals surface area contributed by atoms with Crippen LogP contribution in [0.1, 0.15) is 44.2 Å². The number of nitrogens with zero attached hydrogens (tertiary/aromatic N) is 1. The van der Waals surface area contributed by atoms with E-state index in [1.54, 1.807) is 12.1 Å². The molecule has 0 aromatic heterocycles. The van der Waals surface area contributed by atoms with E-state index in [9.17, 15) is 8.42 Å². The lowest BCUT2D eigenvalue weighted by Crippen LogP contribution is -2.19. The molecule has 4 nitrogen and oxygen atoms in total. The summed E-state index contributed by atoms with van der Waals surface area (Å²) >= 11 is 0. The molecular weight excluding hydrogens is 334 g/mol. The van der Waals surface area contributed by atoms with Crippen molar-refractivity contribution in [1.82, 2.24) is 0 Å². The van der Waals surface area contributed by atoms with Gasteiger partial charge in [0, 0.05) is 11.8 Å². The molecule has 132 valence electrons. The summed E-state index contributed by atoms with van der Waals surface area (Å²) in [5.41, 5.74) is 2.09. The van der Waals surface area contributed by atoms with E-state index in [4.69, 9.17) is 9.44 Å². The normalized spacial score (nSPS) is 11.7. The molecule has 2 aromatic carbocycles. The van der Waals surface area contributed by atoms with Crippen molar-refractivity contribution in [1.29, 1.82) is 5.26 Å². The van der Waals surface area contributed by atoms with Gasteiger partial charge in [0.2, 0.25) is 0 Å². The maximum atomic E-state index is 12.0. The van der Waals surface area contributed by atoms with E-state index in [1.165, 1.54) is 5.56 Å². The monoisotopic (exact) mass is 357 g/mol. The molecule has 0 unspecified atom stereocenters. The van der Waals surface area contributed by atoms with Crippen molar-refractivity contribution in [2.45, 2.75) is 38.5 Å². The number of benzene rings is 2. The van der Waals surface area contributed by atoms with Gasteiger partial charge in [-0.2, -0.15) is 13.7 Å². The van der Waals surface area contributed by atoms with Gasteiger partial charge in [-0.25, -0.2) is 0 Å². The Morgan fingerprint density at radius 3 is 2.16 bits per heavy atom. The third-order valence-corrected chi connectivity index (χ3v) is 5.46. The van der Waals surface area contributed by atoms with Crippen molar-refractivity contribution in [3.8, 4) is 11.8 Å². The summed E-state index contributed by atoms with van der Waals surface area (Å²) in [6, 6.07) is 19.3. The number of rotatable bonds is 8. The molecule has 0 N–H and O–H groups in total. The van der Waals surface area contributed by atoms with Gasteiger partial charge in [0.15, 0.2) is 0 Å². The van der Waals surface area contributed by atoms with E-state index in [0.717, 1.165) is 5.56 Å². The van der Waals surface area contributed by atoms with Crippen molar-refractivity contribution in [2.24, 2.45) is 0 Å². The molecule has 2 rings (SSSR count). The van der Waals surface area contributed by atoms with E-state index in [0.29, 0.717) is 25.0 Å². The first-order chi connectivity index (χ1) is 11.8. The minimum absolute atomic E-state index is 0.0774. The summed E-state index contributed by atoms with van der Waals surface area (Å²) in [6.07, 6.45) is 1.34. The largest absolute Gasteiger partial charge is 0.382 e. The van der Waals surface area contributed by atoms with Crippen LogP contribution in [-0.2, 0) is 15.5 Å². The Morgan fingerprint density at radius 1 is 0.960 bits per heavy atom. The minimum atomic E-state index is -3.62. The third kappa shape index (κ3) is 5.33. The number of nitriles is 1. The van der Waals surface area contributed by atoms with Crippen LogP contribution in [-0.4, -0.2) is 14.2 Å². The zero-order valence-electron chi connectivity index (χ0n) is 14.6. The maximum absolute atomic E-state index is 12.0. The number of hydrogen-bond donors (Lipinski definition) is 0. The molecule has 25 heavy (non-hydrogen) atoms. The smallest absolute Gasteiger partial charge is 0.309 e. The Balaban J connectivity index is 2.06. The van der Waals surface area contributed by atoms with Gasteiger partial charge >= 0.3 is 10.1 Å². The molecular formula is C20H23NO3S. The standard InChI is InChI=1S/C20H23NO3S/c1-20(2,17-9-5-3-6-10-17)18-11-13-19(14-12-18)24-25(22,23)16-8-4-7-15-21/h3,5-6,9-14H,4,7-8,16H2,1-2H3. The summed E-state index contributed by atoms with van der Waals surface area (Å²) in [5, 5.41) is 8.47. The van der Waals surface area contributed by atoms with Crippen LogP contribution >= 0.6 is 0 Å². The zero-order valence-corrected chi connectivity index (χ0v) is 15.4. The van der Waals surface area contributed by atoms with E-state index in [1.807, 2.05) is 36.4 Å². The number of unbranched alkanes of at least 4 members (excludes halogenated alkanes) is 2. The molecule has 0 bridgehead atoms. The van der Waals surface area contributed by atoms with Crippen LogP contribution in [0.3, 0.4) is 0 Å². The van der Waals surface area contributed by atoms with Gasteiger partial charge < -0.3 is 4.18 Å². The fourth-order valence-electron chi connectivity index (χ4n) is 2.62. The second-order valence-electron chi connectivity index (χ2n) is 6.48. The summed E-state index contributed by atoms with van der Waals surface area (Å²) < 4.78 is 29.1. The highest BCUT2D eigenvalue weighted by molar-refractivity contribution is 7.87. The average molecular weight is 357 g/mol. The maximum Gasteiger partial charge on any atom is 0.309 e. The van der Waals surface area contributed by atoms with Crippen molar-refractivity contribution in [2.75, 3.05) is 5.75 Å². The molecule has 0 aliphatic heterocycles. The van der Waals surface area contributed by atoms with Gasteiger partial charge in [-0.05, 0) is 36.1 Å². The fourth-order valence-corrected chi connectivity index (χ4v) is 3.67. The Hall–Kier alpha value is -2.32. The molecule has 0 spiro atoms. The van der Waals surface area contributed by atoms with Crippen LogP contribution in [0.25, 0.3) is 0 Å². The summed E-state index contributed by atoms with van der Waals surface area (Å²) in [6.45, 7) is 4.26. The number of hydrogen-bond acceptors (Lipinski definition) is 4. The Bertz CT molecular complexity index is 819. The highest BCUT2D eigenvalue weighted by Gasteiger charge is 2.23. The molecule has 0 saturated carbocycles. The van der Waals surface area contributed by atoms with Gasteiger partial charge in [0.25, 0.3) is 0 Å². The van der Waals surface area contributed by atoms with Gasteiger partial charge in [0.05, 0.1) is 11.8 Å². The molecule has 0 radical (unpaired) electrons. The second-order valence-corrected chi connectivity index (χ2v) is 8.17. The molecule has 0 amide bonds. The Kier molecular flexibility index (Phi) is 6.22. The van der Waals surface area contributed by atoms with Gasteiger partial charge in [-0.3, -0.25) is 0 Å². The quantitative estimate of drug-likeness (QED) is 0.518. The van der Waals surface area contributed by atoms with Crippen LogP contribution in [0.15, 0.2) is 54.6 Å². The first-order valence-corrected chi connectivity index (χ1v) is 9.88. The molecule has 5 heteroatoms.